The van der Waals surface area contributed by atoms with Crippen LogP contribution in [0.25, 0.3) is 0 Å². The number of benzene rings is 2. The van der Waals surface area contributed by atoms with E-state index in [9.17, 15) is 23.0 Å². The highest BCUT2D eigenvalue weighted by Crippen LogP contribution is 2.34. The van der Waals surface area contributed by atoms with Gasteiger partial charge in [-0.25, -0.2) is 27.2 Å². The predicted octanol–water partition coefficient (Wildman–Crippen LogP) is 3.83. The molecule has 0 saturated heterocycles. The number of nitrogens with zero attached hydrogens (tertiary/aromatic N) is 2. The zero-order valence-electron chi connectivity index (χ0n) is 20.7. The molecule has 1 aromatic heterocycles. The summed E-state index contributed by atoms with van der Waals surface area (Å²) >= 11 is 5.98. The minimum Gasteiger partial charge on any atom is -0.495 e. The lowest BCUT2D eigenvalue weighted by molar-refractivity contribution is 0.126. The first-order valence-electron chi connectivity index (χ1n) is 11.9. The average molecular weight is 579 g/mol. The molecular formula is C26H25ClF2N4O5S. The first kappa shape index (κ1) is 28.5. The second-order valence-electron chi connectivity index (χ2n) is 8.84. The molecule has 1 aliphatic rings. The average Bonchev–Trinajstić information content (AvgIpc) is 2.92. The van der Waals surface area contributed by atoms with E-state index in [1.165, 1.54) is 25.6 Å². The minimum atomic E-state index is -4.47. The van der Waals surface area contributed by atoms with Crippen molar-refractivity contribution in [3.63, 3.8) is 0 Å². The number of hydrogen-bond donors (Lipinski definition) is 4. The molecule has 0 amide bonds. The van der Waals surface area contributed by atoms with Crippen molar-refractivity contribution in [1.29, 1.82) is 0 Å². The number of aromatic nitrogens is 2. The van der Waals surface area contributed by atoms with Crippen molar-refractivity contribution in [2.45, 2.75) is 49.3 Å². The number of nitrogens with one attached hydrogen (secondary N) is 2. The van der Waals surface area contributed by atoms with Gasteiger partial charge < -0.3 is 20.3 Å². The summed E-state index contributed by atoms with van der Waals surface area (Å²) in [6, 6.07) is 4.36. The van der Waals surface area contributed by atoms with Crippen LogP contribution in [0, 0.1) is 23.5 Å². The Balaban J connectivity index is 1.56. The summed E-state index contributed by atoms with van der Waals surface area (Å²) in [6.07, 6.45) is 5.48. The van der Waals surface area contributed by atoms with Crippen LogP contribution in [0.4, 0.5) is 20.4 Å². The van der Waals surface area contributed by atoms with Gasteiger partial charge in [-0.3, -0.25) is 4.72 Å². The highest BCUT2D eigenvalue weighted by atomic mass is 35.5. The number of methoxy groups -OCH3 is 1. The molecule has 9 nitrogen and oxygen atoms in total. The molecule has 0 bridgehead atoms. The quantitative estimate of drug-likeness (QED) is 0.311. The van der Waals surface area contributed by atoms with Gasteiger partial charge in [-0.15, -0.1) is 0 Å². The summed E-state index contributed by atoms with van der Waals surface area (Å²) in [6.45, 7) is -0.553. The van der Waals surface area contributed by atoms with Crippen LogP contribution in [0.5, 0.6) is 5.75 Å². The number of halogens is 3. The highest BCUT2D eigenvalue weighted by Gasteiger charge is 2.25. The maximum atomic E-state index is 15.2. The van der Waals surface area contributed by atoms with Crippen molar-refractivity contribution in [2.75, 3.05) is 17.1 Å². The van der Waals surface area contributed by atoms with E-state index in [0.717, 1.165) is 31.0 Å². The van der Waals surface area contributed by atoms with Gasteiger partial charge in [-0.05, 0) is 49.9 Å². The van der Waals surface area contributed by atoms with Crippen molar-refractivity contribution in [2.24, 2.45) is 0 Å². The molecule has 206 valence electrons. The maximum Gasteiger partial charge on any atom is 0.265 e. The molecule has 1 fully saturated rings. The van der Waals surface area contributed by atoms with E-state index in [-0.39, 0.29) is 34.0 Å². The third-order valence-corrected chi connectivity index (χ3v) is 7.70. The van der Waals surface area contributed by atoms with E-state index in [2.05, 4.69) is 31.8 Å². The van der Waals surface area contributed by atoms with Crippen LogP contribution in [-0.2, 0) is 16.6 Å². The molecule has 13 heteroatoms. The molecule has 0 spiro atoms. The van der Waals surface area contributed by atoms with Crippen LogP contribution in [0.2, 0.25) is 5.02 Å². The normalized spacial score (nSPS) is 17.2. The van der Waals surface area contributed by atoms with Crippen LogP contribution < -0.4 is 14.8 Å². The van der Waals surface area contributed by atoms with Crippen molar-refractivity contribution < 1.29 is 32.1 Å². The number of anilines is 2. The van der Waals surface area contributed by atoms with Gasteiger partial charge in [0.2, 0.25) is 5.95 Å². The number of aliphatic hydroxyl groups excluding tert-OH is 2. The maximum absolute atomic E-state index is 15.2. The number of hydrogen-bond acceptors (Lipinski definition) is 8. The molecule has 1 saturated carbocycles. The third-order valence-electron chi connectivity index (χ3n) is 6.11. The number of ether oxygens (including phenoxy) is 1. The SMILES string of the molecule is COc1c(CO)cc(Cl)cc1S(=O)(=O)Nc1ccc(F)c(C#Cc2cnc(NC3CCC(O)CC3)nc2)c1F. The Morgan fingerprint density at radius 2 is 1.82 bits per heavy atom. The lowest BCUT2D eigenvalue weighted by atomic mass is 9.93. The van der Waals surface area contributed by atoms with E-state index in [1.54, 1.807) is 0 Å². The second kappa shape index (κ2) is 12.1. The molecular weight excluding hydrogens is 554 g/mol. The molecule has 2 aromatic carbocycles. The summed E-state index contributed by atoms with van der Waals surface area (Å²) in [5.74, 6) is 2.94. The van der Waals surface area contributed by atoms with Gasteiger partial charge in [-0.1, -0.05) is 23.4 Å². The Hall–Kier alpha value is -3.50. The molecule has 0 unspecified atom stereocenters. The van der Waals surface area contributed by atoms with Gasteiger partial charge in [0.25, 0.3) is 10.0 Å². The second-order valence-corrected chi connectivity index (χ2v) is 10.9. The molecule has 0 aliphatic heterocycles. The van der Waals surface area contributed by atoms with Crippen LogP contribution in [-0.4, -0.2) is 47.9 Å². The zero-order chi connectivity index (χ0) is 28.2. The molecule has 3 aromatic rings. The van der Waals surface area contributed by atoms with Crippen LogP contribution >= 0.6 is 11.6 Å². The van der Waals surface area contributed by atoms with E-state index in [1.807, 2.05) is 0 Å². The van der Waals surface area contributed by atoms with Gasteiger partial charge in [0, 0.05) is 29.0 Å². The predicted molar refractivity (Wildman–Crippen MR) is 141 cm³/mol. The van der Waals surface area contributed by atoms with Crippen molar-refractivity contribution >= 4 is 33.3 Å². The molecule has 1 heterocycles. The van der Waals surface area contributed by atoms with E-state index in [0.29, 0.717) is 18.8 Å². The van der Waals surface area contributed by atoms with Crippen molar-refractivity contribution in [3.8, 4) is 17.6 Å². The van der Waals surface area contributed by atoms with Gasteiger partial charge in [0.15, 0.2) is 5.82 Å². The standard InChI is InChI=1S/C26H25ClF2N4O5S/c1-38-25-16(14-34)10-17(27)11-23(25)39(36,37)33-22-9-8-21(28)20(24(22)29)7-2-15-12-30-26(31-13-15)32-18-3-5-19(35)6-4-18/h8-13,18-19,33-35H,3-6,14H2,1H3,(H,30,31,32). The molecule has 0 atom stereocenters. The summed E-state index contributed by atoms with van der Waals surface area (Å²) in [5.41, 5.74) is -0.823. The van der Waals surface area contributed by atoms with Crippen LogP contribution in [0.3, 0.4) is 0 Å². The van der Waals surface area contributed by atoms with Gasteiger partial charge in [-0.2, -0.15) is 0 Å². The summed E-state index contributed by atoms with van der Waals surface area (Å²) < 4.78 is 63.0. The fourth-order valence-corrected chi connectivity index (χ4v) is 5.72. The van der Waals surface area contributed by atoms with Crippen molar-refractivity contribution in [3.05, 3.63) is 70.0 Å². The fourth-order valence-electron chi connectivity index (χ4n) is 4.12. The van der Waals surface area contributed by atoms with Crippen LogP contribution in [0.15, 0.2) is 41.6 Å². The smallest absolute Gasteiger partial charge is 0.265 e. The Labute approximate surface area is 229 Å². The first-order valence-corrected chi connectivity index (χ1v) is 13.7. The molecule has 0 radical (unpaired) electrons. The lowest BCUT2D eigenvalue weighted by Gasteiger charge is -2.25. The Morgan fingerprint density at radius 1 is 1.13 bits per heavy atom. The number of sulfonamides is 1. The lowest BCUT2D eigenvalue weighted by Crippen LogP contribution is -2.28. The monoisotopic (exact) mass is 578 g/mol. The van der Waals surface area contributed by atoms with E-state index in [4.69, 9.17) is 16.3 Å². The topological polar surface area (TPSA) is 134 Å². The summed E-state index contributed by atoms with van der Waals surface area (Å²) in [5, 5.41) is 22.3. The van der Waals surface area contributed by atoms with Crippen molar-refractivity contribution in [1.82, 2.24) is 9.97 Å². The summed E-state index contributed by atoms with van der Waals surface area (Å²) in [4.78, 5) is 7.92. The number of aliphatic hydroxyl groups is 2. The molecule has 4 N–H and O–H groups in total. The van der Waals surface area contributed by atoms with Gasteiger partial charge in [0.1, 0.15) is 16.5 Å². The molecule has 4 rings (SSSR count). The zero-order valence-corrected chi connectivity index (χ0v) is 22.3. The molecule has 39 heavy (non-hydrogen) atoms. The Morgan fingerprint density at radius 3 is 2.46 bits per heavy atom. The fraction of sp³-hybridized carbons (Fsp3) is 0.308. The first-order chi connectivity index (χ1) is 18.6. The molecule has 1 aliphatic carbocycles. The summed E-state index contributed by atoms with van der Waals surface area (Å²) in [7, 11) is -3.26. The Bertz CT molecular complexity index is 1520. The third kappa shape index (κ3) is 6.75. The van der Waals surface area contributed by atoms with Crippen LogP contribution in [0.1, 0.15) is 42.4 Å². The minimum absolute atomic E-state index is 0.00679. The Kier molecular flexibility index (Phi) is 8.87. The van der Waals surface area contributed by atoms with Gasteiger partial charge >= 0.3 is 0 Å². The largest absolute Gasteiger partial charge is 0.495 e. The van der Waals surface area contributed by atoms with E-state index < -0.39 is 44.4 Å². The van der Waals surface area contributed by atoms with Gasteiger partial charge in [0.05, 0.1) is 36.6 Å². The number of rotatable bonds is 7. The van der Waals surface area contributed by atoms with E-state index >= 15 is 4.39 Å². The highest BCUT2D eigenvalue weighted by molar-refractivity contribution is 7.92.